The smallest absolute Gasteiger partial charge is 0.261 e. The van der Waals surface area contributed by atoms with Crippen LogP contribution in [0.3, 0.4) is 0 Å². The zero-order valence-electron chi connectivity index (χ0n) is 17.4. The molecule has 1 aliphatic rings. The quantitative estimate of drug-likeness (QED) is 0.574. The summed E-state index contributed by atoms with van der Waals surface area (Å²) < 4.78 is 66.2. The Morgan fingerprint density at radius 1 is 0.879 bits per heavy atom. The van der Waals surface area contributed by atoms with E-state index in [-0.39, 0.29) is 27.9 Å². The Morgan fingerprint density at radius 3 is 2.21 bits per heavy atom. The van der Waals surface area contributed by atoms with Crippen molar-refractivity contribution in [3.8, 4) is 0 Å². The number of likely N-dealkylation sites (tertiary alicyclic amines) is 1. The molecule has 3 aromatic carbocycles. The Balaban J connectivity index is 1.44. The second-order valence-electron chi connectivity index (χ2n) is 7.66. The van der Waals surface area contributed by atoms with E-state index in [1.807, 2.05) is 0 Å². The van der Waals surface area contributed by atoms with Crippen LogP contribution in [0.4, 0.5) is 10.1 Å². The van der Waals surface area contributed by atoms with E-state index in [0.717, 1.165) is 12.1 Å². The van der Waals surface area contributed by atoms with Crippen molar-refractivity contribution >= 4 is 31.5 Å². The molecule has 1 atom stereocenters. The lowest BCUT2D eigenvalue weighted by Gasteiger charge is -2.17. The maximum absolute atomic E-state index is 13.4. The molecule has 0 spiro atoms. The number of benzene rings is 3. The minimum Gasteiger partial charge on any atom is -0.337 e. The average Bonchev–Trinajstić information content (AvgIpc) is 3.31. The number of sulfone groups is 1. The van der Waals surface area contributed by atoms with Crippen LogP contribution in [0.15, 0.2) is 88.7 Å². The van der Waals surface area contributed by atoms with Crippen molar-refractivity contribution in [1.29, 1.82) is 0 Å². The normalized spacial score (nSPS) is 16.5. The predicted molar refractivity (Wildman–Crippen MR) is 122 cm³/mol. The second kappa shape index (κ2) is 8.95. The van der Waals surface area contributed by atoms with Crippen molar-refractivity contribution < 1.29 is 26.0 Å². The molecule has 7 nitrogen and oxygen atoms in total. The van der Waals surface area contributed by atoms with Crippen molar-refractivity contribution in [2.45, 2.75) is 21.5 Å². The highest BCUT2D eigenvalue weighted by molar-refractivity contribution is 7.92. The summed E-state index contributed by atoms with van der Waals surface area (Å²) in [5, 5.41) is -0.679. The molecule has 1 amide bonds. The second-order valence-corrected chi connectivity index (χ2v) is 11.6. The average molecular weight is 489 g/mol. The predicted octanol–water partition coefficient (Wildman–Crippen LogP) is 3.31. The van der Waals surface area contributed by atoms with Gasteiger partial charge in [-0.25, -0.2) is 21.2 Å². The summed E-state index contributed by atoms with van der Waals surface area (Å²) >= 11 is 0. The highest BCUT2D eigenvalue weighted by Gasteiger charge is 2.36. The Labute approximate surface area is 191 Å². The number of hydrogen-bond donors (Lipinski definition) is 1. The molecule has 1 aliphatic heterocycles. The van der Waals surface area contributed by atoms with E-state index in [4.69, 9.17) is 0 Å². The zero-order chi connectivity index (χ0) is 23.6. The van der Waals surface area contributed by atoms with Gasteiger partial charge in [0.25, 0.3) is 15.9 Å². The monoisotopic (exact) mass is 488 g/mol. The van der Waals surface area contributed by atoms with Crippen LogP contribution in [-0.2, 0) is 19.9 Å². The standard InChI is InChI=1S/C23H21FN2O5S2/c24-18-5-4-8-21(15-18)33(30,31)25-19-11-9-17(10-12-19)23(27)26-14-13-22(16-26)32(28,29)20-6-2-1-3-7-20/h1-12,15,22,25H,13-14,16H2. The molecular formula is C23H21FN2O5S2. The largest absolute Gasteiger partial charge is 0.337 e. The molecule has 1 N–H and O–H groups in total. The van der Waals surface area contributed by atoms with Crippen LogP contribution in [0, 0.1) is 5.82 Å². The van der Waals surface area contributed by atoms with Gasteiger partial charge in [0.05, 0.1) is 15.0 Å². The van der Waals surface area contributed by atoms with Gasteiger partial charge in [0, 0.05) is 24.3 Å². The van der Waals surface area contributed by atoms with Crippen LogP contribution in [0.5, 0.6) is 0 Å². The first-order valence-corrected chi connectivity index (χ1v) is 13.2. The van der Waals surface area contributed by atoms with Gasteiger partial charge in [-0.15, -0.1) is 0 Å². The molecule has 1 unspecified atom stereocenters. The third-order valence-electron chi connectivity index (χ3n) is 5.43. The summed E-state index contributed by atoms with van der Waals surface area (Å²) in [5.41, 5.74) is 0.517. The molecule has 0 saturated carbocycles. The fourth-order valence-electron chi connectivity index (χ4n) is 3.68. The van der Waals surface area contributed by atoms with E-state index in [2.05, 4.69) is 4.72 Å². The fraction of sp³-hybridized carbons (Fsp3) is 0.174. The number of carbonyl (C=O) groups is 1. The van der Waals surface area contributed by atoms with Crippen molar-refractivity contribution in [2.24, 2.45) is 0 Å². The SMILES string of the molecule is O=C(c1ccc(NS(=O)(=O)c2cccc(F)c2)cc1)N1CCC(S(=O)(=O)c2ccccc2)C1. The number of rotatable bonds is 6. The number of amides is 1. The van der Waals surface area contributed by atoms with Crippen LogP contribution in [0.2, 0.25) is 0 Å². The molecule has 0 radical (unpaired) electrons. The number of halogens is 1. The number of sulfonamides is 1. The topological polar surface area (TPSA) is 101 Å². The number of carbonyl (C=O) groups excluding carboxylic acids is 1. The molecule has 1 fully saturated rings. The van der Waals surface area contributed by atoms with Crippen molar-refractivity contribution in [3.05, 3.63) is 90.2 Å². The Morgan fingerprint density at radius 2 is 1.55 bits per heavy atom. The van der Waals surface area contributed by atoms with Crippen LogP contribution in [-0.4, -0.2) is 46.0 Å². The van der Waals surface area contributed by atoms with Crippen LogP contribution in [0.25, 0.3) is 0 Å². The summed E-state index contributed by atoms with van der Waals surface area (Å²) in [5.74, 6) is -1.00. The van der Waals surface area contributed by atoms with Gasteiger partial charge in [-0.2, -0.15) is 0 Å². The molecule has 33 heavy (non-hydrogen) atoms. The summed E-state index contributed by atoms with van der Waals surface area (Å²) in [7, 11) is -7.53. The Bertz CT molecular complexity index is 1380. The van der Waals surface area contributed by atoms with Gasteiger partial charge in [0.15, 0.2) is 9.84 Å². The van der Waals surface area contributed by atoms with E-state index < -0.39 is 30.9 Å². The van der Waals surface area contributed by atoms with Gasteiger partial charge < -0.3 is 4.90 Å². The molecule has 10 heteroatoms. The highest BCUT2D eigenvalue weighted by atomic mass is 32.2. The molecular weight excluding hydrogens is 467 g/mol. The molecule has 0 aliphatic carbocycles. The molecule has 172 valence electrons. The van der Waals surface area contributed by atoms with Crippen molar-refractivity contribution in [3.63, 3.8) is 0 Å². The lowest BCUT2D eigenvalue weighted by molar-refractivity contribution is 0.0793. The summed E-state index contributed by atoms with van der Waals surface area (Å²) in [6.07, 6.45) is 0.342. The van der Waals surface area contributed by atoms with E-state index in [1.54, 1.807) is 30.3 Å². The first-order valence-electron chi connectivity index (χ1n) is 10.1. The van der Waals surface area contributed by atoms with Gasteiger partial charge in [0.1, 0.15) is 5.82 Å². The Kier molecular flexibility index (Phi) is 6.22. The minimum atomic E-state index is -3.99. The Hall–Kier alpha value is -3.24. The lowest BCUT2D eigenvalue weighted by Crippen LogP contribution is -2.31. The summed E-state index contributed by atoms with van der Waals surface area (Å²) in [6, 6.07) is 18.6. The number of hydrogen-bond acceptors (Lipinski definition) is 5. The molecule has 1 heterocycles. The van der Waals surface area contributed by atoms with Crippen molar-refractivity contribution in [2.75, 3.05) is 17.8 Å². The number of nitrogens with zero attached hydrogens (tertiary/aromatic N) is 1. The zero-order valence-corrected chi connectivity index (χ0v) is 19.0. The summed E-state index contributed by atoms with van der Waals surface area (Å²) in [4.78, 5) is 14.4. The van der Waals surface area contributed by atoms with Gasteiger partial charge in [-0.1, -0.05) is 24.3 Å². The lowest BCUT2D eigenvalue weighted by atomic mass is 10.2. The maximum Gasteiger partial charge on any atom is 0.261 e. The van der Waals surface area contributed by atoms with Crippen LogP contribution < -0.4 is 4.72 Å². The molecule has 0 aromatic heterocycles. The van der Waals surface area contributed by atoms with Crippen molar-refractivity contribution in [1.82, 2.24) is 4.90 Å². The third-order valence-corrected chi connectivity index (χ3v) is 9.00. The molecule has 0 bridgehead atoms. The number of anilines is 1. The van der Waals surface area contributed by atoms with E-state index in [0.29, 0.717) is 18.5 Å². The first kappa shape index (κ1) is 22.9. The first-order chi connectivity index (χ1) is 15.7. The fourth-order valence-corrected chi connectivity index (χ4v) is 6.48. The van der Waals surface area contributed by atoms with E-state index in [9.17, 15) is 26.0 Å². The maximum atomic E-state index is 13.4. The molecule has 3 aromatic rings. The van der Waals surface area contributed by atoms with Crippen LogP contribution in [0.1, 0.15) is 16.8 Å². The highest BCUT2D eigenvalue weighted by Crippen LogP contribution is 2.25. The third kappa shape index (κ3) is 4.91. The van der Waals surface area contributed by atoms with Gasteiger partial charge in [-0.05, 0) is 61.0 Å². The van der Waals surface area contributed by atoms with Crippen LogP contribution >= 0.6 is 0 Å². The minimum absolute atomic E-state index is 0.0873. The van der Waals surface area contributed by atoms with Gasteiger partial charge in [0.2, 0.25) is 0 Å². The van der Waals surface area contributed by atoms with Gasteiger partial charge >= 0.3 is 0 Å². The molecule has 4 rings (SSSR count). The molecule has 1 saturated heterocycles. The van der Waals surface area contributed by atoms with E-state index >= 15 is 0 Å². The number of nitrogens with one attached hydrogen (secondary N) is 1. The van der Waals surface area contributed by atoms with E-state index in [1.165, 1.54) is 41.3 Å². The summed E-state index contributed by atoms with van der Waals surface area (Å²) in [6.45, 7) is 0.396. The van der Waals surface area contributed by atoms with Gasteiger partial charge in [-0.3, -0.25) is 9.52 Å².